The molecule has 0 unspecified atom stereocenters. The lowest BCUT2D eigenvalue weighted by molar-refractivity contribution is -0.135. The van der Waals surface area contributed by atoms with E-state index in [2.05, 4.69) is 5.32 Å². The number of rotatable bonds is 1. The molecule has 100 valence electrons. The highest BCUT2D eigenvalue weighted by Crippen LogP contribution is 2.34. The standard InChI is InChI=1S/C15H18N2O2/c1-11-4-6-12(7-5-11)17-10-13(18)16-15(14(17)19)8-2-3-9-15/h4-7H,2-3,8-10H2,1H3,(H,16,18). The normalized spacial score (nSPS) is 21.8. The minimum absolute atomic E-state index is 0.0495. The third kappa shape index (κ3) is 2.01. The second kappa shape index (κ2) is 4.37. The lowest BCUT2D eigenvalue weighted by atomic mass is 9.92. The van der Waals surface area contributed by atoms with Gasteiger partial charge in [0.2, 0.25) is 5.91 Å². The molecule has 4 heteroatoms. The molecule has 1 saturated carbocycles. The maximum Gasteiger partial charge on any atom is 0.253 e. The molecule has 2 aliphatic rings. The molecule has 2 amide bonds. The van der Waals surface area contributed by atoms with Gasteiger partial charge < -0.3 is 10.2 Å². The minimum atomic E-state index is -0.639. The smallest absolute Gasteiger partial charge is 0.253 e. The molecule has 1 aromatic carbocycles. The van der Waals surface area contributed by atoms with E-state index in [1.54, 1.807) is 4.90 Å². The van der Waals surface area contributed by atoms with E-state index in [0.717, 1.165) is 36.9 Å². The topological polar surface area (TPSA) is 49.4 Å². The van der Waals surface area contributed by atoms with Gasteiger partial charge in [-0.1, -0.05) is 30.5 Å². The summed E-state index contributed by atoms with van der Waals surface area (Å²) in [7, 11) is 0. The first kappa shape index (κ1) is 12.2. The third-order valence-electron chi connectivity index (χ3n) is 4.14. The summed E-state index contributed by atoms with van der Waals surface area (Å²) in [6.07, 6.45) is 3.54. The number of aryl methyl sites for hydroxylation is 1. The van der Waals surface area contributed by atoms with Gasteiger partial charge in [-0.05, 0) is 31.9 Å². The Labute approximate surface area is 112 Å². The number of nitrogens with zero attached hydrogens (tertiary/aromatic N) is 1. The fraction of sp³-hybridized carbons (Fsp3) is 0.467. The van der Waals surface area contributed by atoms with Gasteiger partial charge in [0.05, 0.1) is 0 Å². The third-order valence-corrected chi connectivity index (χ3v) is 4.14. The number of carbonyl (C=O) groups excluding carboxylic acids is 2. The molecule has 0 aromatic heterocycles. The van der Waals surface area contributed by atoms with Crippen molar-refractivity contribution in [2.45, 2.75) is 38.1 Å². The Morgan fingerprint density at radius 2 is 1.74 bits per heavy atom. The molecule has 19 heavy (non-hydrogen) atoms. The van der Waals surface area contributed by atoms with Crippen LogP contribution in [0.5, 0.6) is 0 Å². The van der Waals surface area contributed by atoms with Crippen molar-refractivity contribution in [2.24, 2.45) is 0 Å². The molecule has 1 N–H and O–H groups in total. The van der Waals surface area contributed by atoms with Gasteiger partial charge in [0.15, 0.2) is 0 Å². The molecule has 2 fully saturated rings. The monoisotopic (exact) mass is 258 g/mol. The predicted octanol–water partition coefficient (Wildman–Crippen LogP) is 1.77. The number of hydrogen-bond donors (Lipinski definition) is 1. The second-order valence-electron chi connectivity index (χ2n) is 5.56. The molecule has 1 heterocycles. The number of hydrogen-bond acceptors (Lipinski definition) is 2. The number of nitrogens with one attached hydrogen (secondary N) is 1. The SMILES string of the molecule is Cc1ccc(N2CC(=O)NC3(CCCC3)C2=O)cc1. The van der Waals surface area contributed by atoms with Gasteiger partial charge in [0.25, 0.3) is 5.91 Å². The molecule has 1 spiro atoms. The summed E-state index contributed by atoms with van der Waals surface area (Å²) in [5.74, 6) is -0.00414. The van der Waals surface area contributed by atoms with E-state index in [9.17, 15) is 9.59 Å². The van der Waals surface area contributed by atoms with Crippen LogP contribution in [0.15, 0.2) is 24.3 Å². The number of amides is 2. The van der Waals surface area contributed by atoms with E-state index >= 15 is 0 Å². The number of anilines is 1. The van der Waals surface area contributed by atoms with Crippen LogP contribution in [0.4, 0.5) is 5.69 Å². The highest BCUT2D eigenvalue weighted by molar-refractivity contribution is 6.09. The van der Waals surface area contributed by atoms with Crippen LogP contribution in [0, 0.1) is 6.92 Å². The zero-order valence-electron chi connectivity index (χ0n) is 11.1. The Morgan fingerprint density at radius 3 is 2.37 bits per heavy atom. The van der Waals surface area contributed by atoms with Gasteiger partial charge >= 0.3 is 0 Å². The summed E-state index contributed by atoms with van der Waals surface area (Å²) >= 11 is 0. The first-order valence-corrected chi connectivity index (χ1v) is 6.80. The molecule has 0 radical (unpaired) electrons. The highest BCUT2D eigenvalue weighted by atomic mass is 16.2. The molecule has 3 rings (SSSR count). The van der Waals surface area contributed by atoms with Crippen molar-refractivity contribution in [1.29, 1.82) is 0 Å². The van der Waals surface area contributed by atoms with Crippen molar-refractivity contribution in [3.05, 3.63) is 29.8 Å². The summed E-state index contributed by atoms with van der Waals surface area (Å²) < 4.78 is 0. The lowest BCUT2D eigenvalue weighted by Gasteiger charge is -2.39. The molecule has 1 saturated heterocycles. The van der Waals surface area contributed by atoms with Gasteiger partial charge in [-0.15, -0.1) is 0 Å². The Balaban J connectivity index is 1.94. The average molecular weight is 258 g/mol. The molecular formula is C15H18N2O2. The Morgan fingerprint density at radius 1 is 1.11 bits per heavy atom. The Bertz CT molecular complexity index is 515. The van der Waals surface area contributed by atoms with E-state index in [1.165, 1.54) is 0 Å². The van der Waals surface area contributed by atoms with E-state index in [1.807, 2.05) is 31.2 Å². The maximum absolute atomic E-state index is 12.7. The molecule has 1 aromatic rings. The maximum atomic E-state index is 12.7. The van der Waals surface area contributed by atoms with E-state index in [-0.39, 0.29) is 18.4 Å². The molecule has 1 aliphatic carbocycles. The quantitative estimate of drug-likeness (QED) is 0.834. The van der Waals surface area contributed by atoms with Crippen LogP contribution >= 0.6 is 0 Å². The van der Waals surface area contributed by atoms with Crippen LogP contribution in [-0.4, -0.2) is 23.9 Å². The second-order valence-corrected chi connectivity index (χ2v) is 5.56. The summed E-state index contributed by atoms with van der Waals surface area (Å²) in [5, 5.41) is 2.92. The zero-order valence-corrected chi connectivity index (χ0v) is 11.1. The van der Waals surface area contributed by atoms with Crippen LogP contribution in [0.25, 0.3) is 0 Å². The van der Waals surface area contributed by atoms with Gasteiger partial charge in [0.1, 0.15) is 12.1 Å². The summed E-state index contributed by atoms with van der Waals surface area (Å²) in [6.45, 7) is 2.14. The highest BCUT2D eigenvalue weighted by Gasteiger charge is 2.48. The zero-order chi connectivity index (χ0) is 13.5. The first-order valence-electron chi connectivity index (χ1n) is 6.80. The van der Waals surface area contributed by atoms with Crippen LogP contribution in [0.2, 0.25) is 0 Å². The van der Waals surface area contributed by atoms with Crippen molar-refractivity contribution < 1.29 is 9.59 Å². The van der Waals surface area contributed by atoms with Crippen molar-refractivity contribution >= 4 is 17.5 Å². The van der Waals surface area contributed by atoms with Crippen molar-refractivity contribution in [3.8, 4) is 0 Å². The van der Waals surface area contributed by atoms with Crippen LogP contribution in [0.3, 0.4) is 0 Å². The molecule has 1 aliphatic heterocycles. The number of benzene rings is 1. The van der Waals surface area contributed by atoms with E-state index < -0.39 is 5.54 Å². The lowest BCUT2D eigenvalue weighted by Crippen LogP contribution is -2.65. The molecule has 0 bridgehead atoms. The van der Waals surface area contributed by atoms with Gasteiger partial charge in [-0.2, -0.15) is 0 Å². The minimum Gasteiger partial charge on any atom is -0.340 e. The van der Waals surface area contributed by atoms with Gasteiger partial charge in [0, 0.05) is 5.69 Å². The summed E-state index contributed by atoms with van der Waals surface area (Å²) in [6, 6.07) is 7.76. The van der Waals surface area contributed by atoms with Gasteiger partial charge in [-0.3, -0.25) is 9.59 Å². The Hall–Kier alpha value is -1.84. The van der Waals surface area contributed by atoms with Crippen molar-refractivity contribution in [1.82, 2.24) is 5.32 Å². The largest absolute Gasteiger partial charge is 0.340 e. The van der Waals surface area contributed by atoms with E-state index in [4.69, 9.17) is 0 Å². The average Bonchev–Trinajstić information content (AvgIpc) is 2.84. The number of piperazine rings is 1. The molecular weight excluding hydrogens is 240 g/mol. The summed E-state index contributed by atoms with van der Waals surface area (Å²) in [4.78, 5) is 26.2. The van der Waals surface area contributed by atoms with Crippen molar-refractivity contribution in [3.63, 3.8) is 0 Å². The fourth-order valence-electron chi connectivity index (χ4n) is 3.08. The molecule has 0 atom stereocenters. The fourth-order valence-corrected chi connectivity index (χ4v) is 3.08. The van der Waals surface area contributed by atoms with E-state index in [0.29, 0.717) is 0 Å². The summed E-state index contributed by atoms with van der Waals surface area (Å²) in [5.41, 5.74) is 1.32. The first-order chi connectivity index (χ1) is 9.11. The Kier molecular flexibility index (Phi) is 2.81. The van der Waals surface area contributed by atoms with Crippen LogP contribution < -0.4 is 10.2 Å². The van der Waals surface area contributed by atoms with Gasteiger partial charge in [-0.25, -0.2) is 0 Å². The number of carbonyl (C=O) groups is 2. The molecule has 4 nitrogen and oxygen atoms in total. The predicted molar refractivity (Wildman–Crippen MR) is 72.9 cm³/mol. The van der Waals surface area contributed by atoms with Crippen LogP contribution in [-0.2, 0) is 9.59 Å². The van der Waals surface area contributed by atoms with Crippen molar-refractivity contribution in [2.75, 3.05) is 11.4 Å². The van der Waals surface area contributed by atoms with Crippen LogP contribution in [0.1, 0.15) is 31.2 Å².